The van der Waals surface area contributed by atoms with Crippen molar-refractivity contribution in [2.75, 3.05) is 13.8 Å². The summed E-state index contributed by atoms with van der Waals surface area (Å²) >= 11 is 12.1. The number of fused-ring (bicyclic) bond motifs is 1. The van der Waals surface area contributed by atoms with Gasteiger partial charge in [0.2, 0.25) is 12.7 Å². The Morgan fingerprint density at radius 1 is 1.21 bits per heavy atom. The summed E-state index contributed by atoms with van der Waals surface area (Å²) in [5.41, 5.74) is 1.67. The molecular weight excluding hydrogens is 349 g/mol. The normalized spacial score (nSPS) is 12.6. The van der Waals surface area contributed by atoms with Gasteiger partial charge < -0.3 is 14.4 Å². The first kappa shape index (κ1) is 16.7. The molecule has 2 aromatic rings. The highest BCUT2D eigenvalue weighted by atomic mass is 35.5. The van der Waals surface area contributed by atoms with E-state index in [4.69, 9.17) is 32.7 Å². The third kappa shape index (κ3) is 3.66. The van der Waals surface area contributed by atoms with E-state index in [-0.39, 0.29) is 12.7 Å². The van der Waals surface area contributed by atoms with E-state index in [1.165, 1.54) is 6.08 Å². The van der Waals surface area contributed by atoms with Gasteiger partial charge in [0.25, 0.3) is 0 Å². The molecule has 1 aliphatic rings. The number of halogens is 2. The maximum Gasteiger partial charge on any atom is 0.246 e. The lowest BCUT2D eigenvalue weighted by molar-refractivity contribution is -0.125. The van der Waals surface area contributed by atoms with E-state index >= 15 is 0 Å². The number of nitrogens with zero attached hydrogens (tertiary/aromatic N) is 1. The van der Waals surface area contributed by atoms with Crippen LogP contribution in [0, 0.1) is 0 Å². The summed E-state index contributed by atoms with van der Waals surface area (Å²) < 4.78 is 10.6. The van der Waals surface area contributed by atoms with Gasteiger partial charge in [-0.3, -0.25) is 4.79 Å². The summed E-state index contributed by atoms with van der Waals surface area (Å²) in [6.07, 6.45) is 3.25. The quantitative estimate of drug-likeness (QED) is 0.756. The molecule has 0 fully saturated rings. The second-order valence-electron chi connectivity index (χ2n) is 5.35. The smallest absolute Gasteiger partial charge is 0.246 e. The minimum Gasteiger partial charge on any atom is -0.454 e. The van der Waals surface area contributed by atoms with Crippen molar-refractivity contribution in [1.82, 2.24) is 4.90 Å². The topological polar surface area (TPSA) is 38.8 Å². The van der Waals surface area contributed by atoms with Gasteiger partial charge in [-0.05, 0) is 35.4 Å². The molecule has 0 spiro atoms. The number of hydrogen-bond acceptors (Lipinski definition) is 3. The summed E-state index contributed by atoms with van der Waals surface area (Å²) in [6, 6.07) is 10.9. The summed E-state index contributed by atoms with van der Waals surface area (Å²) in [5.74, 6) is 1.26. The van der Waals surface area contributed by atoms with E-state index in [1.54, 1.807) is 24.1 Å². The predicted octanol–water partition coefficient (Wildman–Crippen LogP) is 4.39. The average Bonchev–Trinajstić information content (AvgIpc) is 3.04. The van der Waals surface area contributed by atoms with Crippen molar-refractivity contribution in [2.45, 2.75) is 6.54 Å². The Hall–Kier alpha value is -2.17. The highest BCUT2D eigenvalue weighted by Crippen LogP contribution is 2.32. The van der Waals surface area contributed by atoms with Crippen molar-refractivity contribution in [2.24, 2.45) is 0 Å². The van der Waals surface area contributed by atoms with E-state index in [9.17, 15) is 4.79 Å². The molecule has 6 heteroatoms. The largest absolute Gasteiger partial charge is 0.454 e. The number of rotatable bonds is 4. The minimum atomic E-state index is -0.135. The molecule has 0 N–H and O–H groups in total. The zero-order valence-corrected chi connectivity index (χ0v) is 14.5. The molecule has 0 saturated carbocycles. The Morgan fingerprint density at radius 2 is 2.00 bits per heavy atom. The van der Waals surface area contributed by atoms with Gasteiger partial charge in [-0.1, -0.05) is 41.4 Å². The van der Waals surface area contributed by atoms with Crippen molar-refractivity contribution in [3.8, 4) is 11.5 Å². The molecule has 0 aromatic heterocycles. The van der Waals surface area contributed by atoms with Crippen LogP contribution in [0.3, 0.4) is 0 Å². The summed E-state index contributed by atoms with van der Waals surface area (Å²) in [5, 5.41) is 0.949. The number of amides is 1. The number of carbonyl (C=O) groups excluding carboxylic acids is 1. The third-order valence-electron chi connectivity index (χ3n) is 3.63. The Morgan fingerprint density at radius 3 is 2.83 bits per heavy atom. The molecule has 4 nitrogen and oxygen atoms in total. The molecule has 0 aliphatic carbocycles. The zero-order chi connectivity index (χ0) is 17.1. The molecule has 1 heterocycles. The van der Waals surface area contributed by atoms with Gasteiger partial charge >= 0.3 is 0 Å². The fourth-order valence-corrected chi connectivity index (χ4v) is 2.70. The lowest BCUT2D eigenvalue weighted by atomic mass is 10.2. The molecule has 124 valence electrons. The van der Waals surface area contributed by atoms with Crippen LogP contribution >= 0.6 is 23.2 Å². The summed E-state index contributed by atoms with van der Waals surface area (Å²) in [4.78, 5) is 13.8. The number of ether oxygens (including phenoxy) is 2. The van der Waals surface area contributed by atoms with E-state index in [1.807, 2.05) is 30.3 Å². The number of benzene rings is 2. The SMILES string of the molecule is CN(Cc1cccc(Cl)c1Cl)C(=O)/C=C/c1ccc2c(c1)OCO2. The molecule has 0 saturated heterocycles. The lowest BCUT2D eigenvalue weighted by Crippen LogP contribution is -2.24. The third-order valence-corrected chi connectivity index (χ3v) is 4.49. The highest BCUT2D eigenvalue weighted by molar-refractivity contribution is 6.42. The van der Waals surface area contributed by atoms with E-state index in [2.05, 4.69) is 0 Å². The van der Waals surface area contributed by atoms with Crippen LogP contribution in [0.15, 0.2) is 42.5 Å². The minimum absolute atomic E-state index is 0.135. The van der Waals surface area contributed by atoms with Crippen LogP contribution in [-0.4, -0.2) is 24.6 Å². The fraction of sp³-hybridized carbons (Fsp3) is 0.167. The second-order valence-corrected chi connectivity index (χ2v) is 6.14. The lowest BCUT2D eigenvalue weighted by Gasteiger charge is -2.16. The Bertz CT molecular complexity index is 805. The van der Waals surface area contributed by atoms with Crippen LogP contribution in [0.1, 0.15) is 11.1 Å². The first-order chi connectivity index (χ1) is 11.5. The molecule has 0 bridgehead atoms. The van der Waals surface area contributed by atoms with Crippen molar-refractivity contribution >= 4 is 35.2 Å². The van der Waals surface area contributed by atoms with E-state index in [0.717, 1.165) is 11.1 Å². The van der Waals surface area contributed by atoms with Crippen molar-refractivity contribution in [1.29, 1.82) is 0 Å². The summed E-state index contributed by atoms with van der Waals surface area (Å²) in [6.45, 7) is 0.605. The standard InChI is InChI=1S/C18H15Cl2NO3/c1-21(10-13-3-2-4-14(19)18(13)20)17(22)8-6-12-5-7-15-16(9-12)24-11-23-15/h2-9H,10-11H2,1H3/b8-6+. The van der Waals surface area contributed by atoms with Gasteiger partial charge in [0.15, 0.2) is 11.5 Å². The Balaban J connectivity index is 1.66. The molecule has 0 atom stereocenters. The van der Waals surface area contributed by atoms with Crippen LogP contribution in [-0.2, 0) is 11.3 Å². The van der Waals surface area contributed by atoms with E-state index in [0.29, 0.717) is 28.1 Å². The van der Waals surface area contributed by atoms with Crippen LogP contribution in [0.5, 0.6) is 11.5 Å². The van der Waals surface area contributed by atoms with Crippen LogP contribution in [0.25, 0.3) is 6.08 Å². The number of carbonyl (C=O) groups is 1. The fourth-order valence-electron chi connectivity index (χ4n) is 2.32. The molecule has 0 radical (unpaired) electrons. The number of likely N-dealkylation sites (N-methyl/N-ethyl adjacent to an activating group) is 1. The van der Waals surface area contributed by atoms with Gasteiger partial charge in [0.05, 0.1) is 10.0 Å². The number of hydrogen-bond donors (Lipinski definition) is 0. The monoisotopic (exact) mass is 363 g/mol. The maximum atomic E-state index is 12.3. The van der Waals surface area contributed by atoms with Gasteiger partial charge in [0, 0.05) is 19.7 Å². The van der Waals surface area contributed by atoms with Crippen molar-refractivity contribution < 1.29 is 14.3 Å². The van der Waals surface area contributed by atoms with Gasteiger partial charge in [-0.15, -0.1) is 0 Å². The zero-order valence-electron chi connectivity index (χ0n) is 13.0. The first-order valence-corrected chi connectivity index (χ1v) is 8.06. The Kier molecular flexibility index (Phi) is 4.97. The molecule has 1 amide bonds. The maximum absolute atomic E-state index is 12.3. The molecule has 1 aliphatic heterocycles. The predicted molar refractivity (Wildman–Crippen MR) is 94.5 cm³/mol. The summed E-state index contributed by atoms with van der Waals surface area (Å²) in [7, 11) is 1.71. The average molecular weight is 364 g/mol. The molecule has 0 unspecified atom stereocenters. The van der Waals surface area contributed by atoms with Crippen molar-refractivity contribution in [3.05, 3.63) is 63.6 Å². The molecule has 2 aromatic carbocycles. The van der Waals surface area contributed by atoms with Crippen LogP contribution in [0.2, 0.25) is 10.0 Å². The Labute approximate surface area is 150 Å². The highest BCUT2D eigenvalue weighted by Gasteiger charge is 2.13. The first-order valence-electron chi connectivity index (χ1n) is 7.30. The molecule has 24 heavy (non-hydrogen) atoms. The van der Waals surface area contributed by atoms with Crippen LogP contribution in [0.4, 0.5) is 0 Å². The van der Waals surface area contributed by atoms with Gasteiger partial charge in [-0.25, -0.2) is 0 Å². The van der Waals surface area contributed by atoms with Gasteiger partial charge in [0.1, 0.15) is 0 Å². The molecular formula is C18H15Cl2NO3. The van der Waals surface area contributed by atoms with Gasteiger partial charge in [-0.2, -0.15) is 0 Å². The van der Waals surface area contributed by atoms with Crippen LogP contribution < -0.4 is 9.47 Å². The second kappa shape index (κ2) is 7.16. The van der Waals surface area contributed by atoms with E-state index < -0.39 is 0 Å². The van der Waals surface area contributed by atoms with Crippen molar-refractivity contribution in [3.63, 3.8) is 0 Å². The molecule has 3 rings (SSSR count).